The van der Waals surface area contributed by atoms with E-state index < -0.39 is 0 Å². The maximum atomic E-state index is 4.68. The summed E-state index contributed by atoms with van der Waals surface area (Å²) in [4.78, 5) is 0. The smallest absolute Gasteiger partial charge is 0.0624 e. The Kier molecular flexibility index (Phi) is 8.59. The van der Waals surface area contributed by atoms with Crippen molar-refractivity contribution >= 4 is 0 Å². The summed E-state index contributed by atoms with van der Waals surface area (Å²) in [6.45, 7) is 10.1. The molecule has 0 radical (unpaired) electrons. The first-order chi connectivity index (χ1) is 9.71. The third-order valence-corrected chi connectivity index (χ3v) is 4.01. The number of hydrogen-bond donors (Lipinski definition) is 1. The van der Waals surface area contributed by atoms with Gasteiger partial charge in [-0.3, -0.25) is 4.68 Å². The van der Waals surface area contributed by atoms with Crippen LogP contribution in [-0.4, -0.2) is 22.4 Å². The SMILES string of the molecule is CCCNC(CCC)CCCc1ccn(C(C)CC)n1. The van der Waals surface area contributed by atoms with Gasteiger partial charge < -0.3 is 5.32 Å². The molecular formula is C17H33N3. The molecule has 0 amide bonds. The zero-order valence-electron chi connectivity index (χ0n) is 13.9. The molecule has 0 spiro atoms. The second kappa shape index (κ2) is 9.98. The van der Waals surface area contributed by atoms with Gasteiger partial charge in [0.25, 0.3) is 0 Å². The van der Waals surface area contributed by atoms with Gasteiger partial charge in [-0.2, -0.15) is 5.10 Å². The summed E-state index contributed by atoms with van der Waals surface area (Å²) >= 11 is 0. The number of hydrogen-bond acceptors (Lipinski definition) is 2. The summed E-state index contributed by atoms with van der Waals surface area (Å²) in [6.07, 6.45) is 10.7. The molecule has 1 N–H and O–H groups in total. The van der Waals surface area contributed by atoms with Crippen LogP contribution in [0.4, 0.5) is 0 Å². The Hall–Kier alpha value is -0.830. The molecule has 0 aromatic carbocycles. The fourth-order valence-electron chi connectivity index (χ4n) is 2.52. The molecule has 20 heavy (non-hydrogen) atoms. The normalized spacial score (nSPS) is 14.4. The van der Waals surface area contributed by atoms with Gasteiger partial charge in [0.2, 0.25) is 0 Å². The van der Waals surface area contributed by atoms with Gasteiger partial charge in [-0.1, -0.05) is 27.2 Å². The van der Waals surface area contributed by atoms with E-state index in [1.807, 2.05) is 0 Å². The van der Waals surface area contributed by atoms with E-state index in [1.54, 1.807) is 0 Å². The molecule has 0 aliphatic heterocycles. The first kappa shape index (κ1) is 17.2. The second-order valence-corrected chi connectivity index (χ2v) is 5.88. The minimum absolute atomic E-state index is 0.516. The quantitative estimate of drug-likeness (QED) is 0.653. The minimum atomic E-state index is 0.516. The van der Waals surface area contributed by atoms with Crippen LogP contribution in [0.3, 0.4) is 0 Å². The zero-order valence-corrected chi connectivity index (χ0v) is 13.9. The molecule has 0 aliphatic carbocycles. The van der Waals surface area contributed by atoms with E-state index in [-0.39, 0.29) is 0 Å². The molecule has 2 atom stereocenters. The summed E-state index contributed by atoms with van der Waals surface area (Å²) in [5.41, 5.74) is 1.25. The molecule has 1 heterocycles. The number of nitrogens with one attached hydrogen (secondary N) is 1. The summed E-state index contributed by atoms with van der Waals surface area (Å²) < 4.78 is 2.11. The number of aromatic nitrogens is 2. The number of nitrogens with zero attached hydrogens (tertiary/aromatic N) is 2. The molecule has 0 saturated heterocycles. The summed E-state index contributed by atoms with van der Waals surface area (Å²) in [5.74, 6) is 0. The van der Waals surface area contributed by atoms with Crippen LogP contribution >= 0.6 is 0 Å². The van der Waals surface area contributed by atoms with Crippen LogP contribution in [0.15, 0.2) is 12.3 Å². The first-order valence-corrected chi connectivity index (χ1v) is 8.48. The molecule has 0 aliphatic rings. The lowest BCUT2D eigenvalue weighted by molar-refractivity contribution is 0.434. The predicted octanol–water partition coefficient (Wildman–Crippen LogP) is 4.35. The lowest BCUT2D eigenvalue weighted by Gasteiger charge is -2.17. The van der Waals surface area contributed by atoms with Gasteiger partial charge in [-0.25, -0.2) is 0 Å². The Balaban J connectivity index is 2.32. The van der Waals surface area contributed by atoms with Crippen molar-refractivity contribution in [3.63, 3.8) is 0 Å². The standard InChI is InChI=1S/C17H33N3/c1-5-9-16(18-13-6-2)10-8-11-17-12-14-20(19-17)15(4)7-3/h12,14-16,18H,5-11,13H2,1-4H3. The average Bonchev–Trinajstić information content (AvgIpc) is 2.92. The maximum Gasteiger partial charge on any atom is 0.0624 e. The Morgan fingerprint density at radius 3 is 2.65 bits per heavy atom. The maximum absolute atomic E-state index is 4.68. The van der Waals surface area contributed by atoms with E-state index in [9.17, 15) is 0 Å². The second-order valence-electron chi connectivity index (χ2n) is 5.88. The molecule has 0 saturated carbocycles. The summed E-state index contributed by atoms with van der Waals surface area (Å²) in [5, 5.41) is 8.35. The van der Waals surface area contributed by atoms with Crippen molar-refractivity contribution in [1.29, 1.82) is 0 Å². The van der Waals surface area contributed by atoms with E-state index in [1.165, 1.54) is 37.8 Å². The van der Waals surface area contributed by atoms with Gasteiger partial charge in [0, 0.05) is 18.3 Å². The molecule has 0 bridgehead atoms. The highest BCUT2D eigenvalue weighted by atomic mass is 15.3. The van der Waals surface area contributed by atoms with Crippen molar-refractivity contribution < 1.29 is 0 Å². The Labute approximate surface area is 125 Å². The van der Waals surface area contributed by atoms with Crippen molar-refractivity contribution in [2.24, 2.45) is 0 Å². The van der Waals surface area contributed by atoms with Crippen molar-refractivity contribution in [1.82, 2.24) is 15.1 Å². The molecule has 2 unspecified atom stereocenters. The van der Waals surface area contributed by atoms with Crippen LogP contribution in [0.2, 0.25) is 0 Å². The molecule has 3 heteroatoms. The fraction of sp³-hybridized carbons (Fsp3) is 0.824. The molecule has 116 valence electrons. The van der Waals surface area contributed by atoms with Gasteiger partial charge in [0.05, 0.1) is 5.69 Å². The highest BCUT2D eigenvalue weighted by Crippen LogP contribution is 2.12. The first-order valence-electron chi connectivity index (χ1n) is 8.48. The number of rotatable bonds is 11. The van der Waals surface area contributed by atoms with Gasteiger partial charge >= 0.3 is 0 Å². The van der Waals surface area contributed by atoms with Gasteiger partial charge in [-0.05, 0) is 58.1 Å². The van der Waals surface area contributed by atoms with Crippen molar-refractivity contribution in [3.05, 3.63) is 18.0 Å². The van der Waals surface area contributed by atoms with E-state index in [0.717, 1.165) is 19.4 Å². The van der Waals surface area contributed by atoms with Gasteiger partial charge in [0.15, 0.2) is 0 Å². The van der Waals surface area contributed by atoms with Crippen LogP contribution in [0, 0.1) is 0 Å². The minimum Gasteiger partial charge on any atom is -0.314 e. The largest absolute Gasteiger partial charge is 0.314 e. The molecule has 1 aromatic heterocycles. The van der Waals surface area contributed by atoms with Crippen molar-refractivity contribution in [2.75, 3.05) is 6.54 Å². The molecule has 1 aromatic rings. The monoisotopic (exact) mass is 279 g/mol. The van der Waals surface area contributed by atoms with E-state index in [0.29, 0.717) is 12.1 Å². The van der Waals surface area contributed by atoms with Gasteiger partial charge in [0.1, 0.15) is 0 Å². The van der Waals surface area contributed by atoms with E-state index >= 15 is 0 Å². The van der Waals surface area contributed by atoms with Crippen LogP contribution in [0.1, 0.15) is 78.0 Å². The highest BCUT2D eigenvalue weighted by molar-refractivity contribution is 4.99. The van der Waals surface area contributed by atoms with E-state index in [2.05, 4.69) is 55.1 Å². The molecular weight excluding hydrogens is 246 g/mol. The average molecular weight is 279 g/mol. The Morgan fingerprint density at radius 1 is 1.20 bits per heavy atom. The fourth-order valence-corrected chi connectivity index (χ4v) is 2.52. The van der Waals surface area contributed by atoms with E-state index in [4.69, 9.17) is 0 Å². The zero-order chi connectivity index (χ0) is 14.8. The third-order valence-electron chi connectivity index (χ3n) is 4.01. The Bertz CT molecular complexity index is 346. The predicted molar refractivity (Wildman–Crippen MR) is 87.2 cm³/mol. The summed E-state index contributed by atoms with van der Waals surface area (Å²) in [7, 11) is 0. The molecule has 3 nitrogen and oxygen atoms in total. The highest BCUT2D eigenvalue weighted by Gasteiger charge is 2.08. The van der Waals surface area contributed by atoms with Crippen molar-refractivity contribution in [3.8, 4) is 0 Å². The van der Waals surface area contributed by atoms with Crippen LogP contribution < -0.4 is 5.32 Å². The Morgan fingerprint density at radius 2 is 2.00 bits per heavy atom. The molecule has 0 fully saturated rings. The van der Waals surface area contributed by atoms with Gasteiger partial charge in [-0.15, -0.1) is 0 Å². The van der Waals surface area contributed by atoms with Crippen LogP contribution in [0.25, 0.3) is 0 Å². The third kappa shape index (κ3) is 6.08. The lowest BCUT2D eigenvalue weighted by Crippen LogP contribution is -2.29. The summed E-state index contributed by atoms with van der Waals surface area (Å²) in [6, 6.07) is 3.39. The van der Waals surface area contributed by atoms with Crippen LogP contribution in [0.5, 0.6) is 0 Å². The van der Waals surface area contributed by atoms with Crippen LogP contribution in [-0.2, 0) is 6.42 Å². The topological polar surface area (TPSA) is 29.9 Å². The lowest BCUT2D eigenvalue weighted by atomic mass is 10.0. The molecule has 1 rings (SSSR count). The number of aryl methyl sites for hydroxylation is 1. The van der Waals surface area contributed by atoms with Crippen molar-refractivity contribution in [2.45, 2.75) is 84.7 Å².